The molecule has 3 rings (SSSR count). The topological polar surface area (TPSA) is 76.7 Å². The summed E-state index contributed by atoms with van der Waals surface area (Å²) in [7, 11) is 3.17. The molecule has 6 nitrogen and oxygen atoms in total. The number of hydrogen-bond acceptors (Lipinski definition) is 5. The van der Waals surface area contributed by atoms with Crippen LogP contribution in [0.1, 0.15) is 24.0 Å². The van der Waals surface area contributed by atoms with Crippen LogP contribution in [0.2, 0.25) is 0 Å². The Hall–Kier alpha value is -2.67. The van der Waals surface area contributed by atoms with Crippen molar-refractivity contribution in [1.29, 1.82) is 0 Å². The Kier molecular flexibility index (Phi) is 7.41. The van der Waals surface area contributed by atoms with E-state index in [0.717, 1.165) is 29.7 Å². The Balaban J connectivity index is 1.43. The molecule has 154 valence electrons. The molecule has 0 aromatic heterocycles. The number of thioether (sulfide) groups is 1. The van der Waals surface area contributed by atoms with Gasteiger partial charge in [-0.2, -0.15) is 0 Å². The molecule has 1 aliphatic rings. The second kappa shape index (κ2) is 10.2. The number of rotatable bonds is 8. The molecule has 0 fully saturated rings. The van der Waals surface area contributed by atoms with Crippen molar-refractivity contribution >= 4 is 29.3 Å². The fourth-order valence-electron chi connectivity index (χ4n) is 3.22. The van der Waals surface area contributed by atoms with E-state index in [0.29, 0.717) is 30.2 Å². The summed E-state index contributed by atoms with van der Waals surface area (Å²) in [6.07, 6.45) is 2.01. The number of carbonyl (C=O) groups excluding carboxylic acids is 2. The third-order valence-electron chi connectivity index (χ3n) is 4.83. The minimum atomic E-state index is -0.138. The number of aryl methyl sites for hydroxylation is 1. The number of nitrogens with one attached hydrogen (secondary N) is 2. The lowest BCUT2D eigenvalue weighted by molar-refractivity contribution is -0.121. The van der Waals surface area contributed by atoms with Crippen molar-refractivity contribution in [2.45, 2.75) is 31.1 Å². The van der Waals surface area contributed by atoms with E-state index in [2.05, 4.69) is 10.6 Å². The predicted molar refractivity (Wildman–Crippen MR) is 116 cm³/mol. The molecule has 7 heteroatoms. The van der Waals surface area contributed by atoms with Gasteiger partial charge in [0.25, 0.3) is 0 Å². The molecule has 2 N–H and O–H groups in total. The van der Waals surface area contributed by atoms with Gasteiger partial charge >= 0.3 is 0 Å². The summed E-state index contributed by atoms with van der Waals surface area (Å²) in [6.45, 7) is 0.420. The Morgan fingerprint density at radius 1 is 1.17 bits per heavy atom. The monoisotopic (exact) mass is 414 g/mol. The molecule has 0 saturated carbocycles. The SMILES string of the molecule is COc1ccc(CNC(=O)CCS[C@H]2CCc3ccccc3NC2=O)cc1OC. The second-order valence-corrected chi connectivity index (χ2v) is 8.07. The molecule has 1 heterocycles. The highest BCUT2D eigenvalue weighted by molar-refractivity contribution is 8.00. The van der Waals surface area contributed by atoms with Crippen molar-refractivity contribution in [3.05, 3.63) is 53.6 Å². The van der Waals surface area contributed by atoms with E-state index >= 15 is 0 Å². The van der Waals surface area contributed by atoms with Crippen LogP contribution in [0.3, 0.4) is 0 Å². The van der Waals surface area contributed by atoms with Crippen LogP contribution >= 0.6 is 11.8 Å². The largest absolute Gasteiger partial charge is 0.493 e. The van der Waals surface area contributed by atoms with E-state index in [9.17, 15) is 9.59 Å². The third-order valence-corrected chi connectivity index (χ3v) is 6.12. The molecule has 0 spiro atoms. The number of fused-ring (bicyclic) bond motifs is 1. The van der Waals surface area contributed by atoms with Gasteiger partial charge in [-0.05, 0) is 42.2 Å². The van der Waals surface area contributed by atoms with Crippen LogP contribution < -0.4 is 20.1 Å². The highest BCUT2D eigenvalue weighted by Crippen LogP contribution is 2.28. The van der Waals surface area contributed by atoms with Crippen molar-refractivity contribution in [2.24, 2.45) is 0 Å². The molecule has 0 radical (unpaired) electrons. The molecule has 0 bridgehead atoms. The molecule has 0 unspecified atom stereocenters. The first kappa shape index (κ1) is 21.0. The number of ether oxygens (including phenoxy) is 2. The zero-order valence-electron chi connectivity index (χ0n) is 16.7. The van der Waals surface area contributed by atoms with Crippen molar-refractivity contribution in [1.82, 2.24) is 5.32 Å². The molecule has 0 aliphatic carbocycles. The Morgan fingerprint density at radius 3 is 2.76 bits per heavy atom. The average molecular weight is 415 g/mol. The number of amides is 2. The van der Waals surface area contributed by atoms with E-state index < -0.39 is 0 Å². The first-order valence-corrected chi connectivity index (χ1v) is 10.6. The summed E-state index contributed by atoms with van der Waals surface area (Å²) in [4.78, 5) is 24.6. The number of hydrogen-bond donors (Lipinski definition) is 2. The van der Waals surface area contributed by atoms with Gasteiger partial charge < -0.3 is 20.1 Å². The van der Waals surface area contributed by atoms with Crippen molar-refractivity contribution in [3.63, 3.8) is 0 Å². The van der Waals surface area contributed by atoms with E-state index in [1.807, 2.05) is 42.5 Å². The number of para-hydroxylation sites is 1. The van der Waals surface area contributed by atoms with Crippen molar-refractivity contribution < 1.29 is 19.1 Å². The van der Waals surface area contributed by atoms with Crippen LogP contribution in [0.4, 0.5) is 5.69 Å². The van der Waals surface area contributed by atoms with E-state index in [-0.39, 0.29) is 17.1 Å². The zero-order chi connectivity index (χ0) is 20.6. The lowest BCUT2D eigenvalue weighted by Gasteiger charge is -2.13. The second-order valence-electron chi connectivity index (χ2n) is 6.76. The molecule has 29 heavy (non-hydrogen) atoms. The summed E-state index contributed by atoms with van der Waals surface area (Å²) in [5.74, 6) is 1.87. The number of benzene rings is 2. The summed E-state index contributed by atoms with van der Waals surface area (Å²) >= 11 is 1.54. The Labute approximate surface area is 175 Å². The van der Waals surface area contributed by atoms with Gasteiger partial charge in [0.05, 0.1) is 19.5 Å². The fraction of sp³-hybridized carbons (Fsp3) is 0.364. The number of methoxy groups -OCH3 is 2. The summed E-state index contributed by atoms with van der Waals surface area (Å²) in [6, 6.07) is 13.5. The molecule has 0 saturated heterocycles. The standard InChI is InChI=1S/C22H26N2O4S/c1-27-18-9-7-15(13-19(18)28-2)14-23-21(25)11-12-29-20-10-8-16-5-3-4-6-17(16)24-22(20)26/h3-7,9,13,20H,8,10-12,14H2,1-2H3,(H,23,25)(H,24,26)/t20-/m0/s1. The highest BCUT2D eigenvalue weighted by atomic mass is 32.2. The van der Waals surface area contributed by atoms with Gasteiger partial charge in [-0.25, -0.2) is 0 Å². The zero-order valence-corrected chi connectivity index (χ0v) is 17.5. The lowest BCUT2D eigenvalue weighted by atomic mass is 10.1. The van der Waals surface area contributed by atoms with Crippen molar-refractivity contribution in [3.8, 4) is 11.5 Å². The maximum Gasteiger partial charge on any atom is 0.237 e. The number of anilines is 1. The minimum Gasteiger partial charge on any atom is -0.493 e. The molecule has 2 aromatic carbocycles. The normalized spacial score (nSPS) is 15.7. The Bertz CT molecular complexity index is 872. The smallest absolute Gasteiger partial charge is 0.237 e. The lowest BCUT2D eigenvalue weighted by Crippen LogP contribution is -2.26. The van der Waals surface area contributed by atoms with Gasteiger partial charge in [0.15, 0.2) is 11.5 Å². The number of carbonyl (C=O) groups is 2. The molecule has 2 amide bonds. The first-order valence-electron chi connectivity index (χ1n) is 9.58. The Morgan fingerprint density at radius 2 is 1.97 bits per heavy atom. The minimum absolute atomic E-state index is 0.0192. The summed E-state index contributed by atoms with van der Waals surface area (Å²) in [5.41, 5.74) is 2.99. The van der Waals surface area contributed by atoms with Crippen LogP contribution in [-0.2, 0) is 22.6 Å². The summed E-state index contributed by atoms with van der Waals surface area (Å²) in [5, 5.41) is 5.77. The average Bonchev–Trinajstić information content (AvgIpc) is 2.90. The molecule has 1 aliphatic heterocycles. The molecular weight excluding hydrogens is 388 g/mol. The van der Waals surface area contributed by atoms with Crippen LogP contribution in [0.15, 0.2) is 42.5 Å². The van der Waals surface area contributed by atoms with Gasteiger partial charge in [0.1, 0.15) is 0 Å². The van der Waals surface area contributed by atoms with Gasteiger partial charge in [0.2, 0.25) is 11.8 Å². The molecule has 2 aromatic rings. The summed E-state index contributed by atoms with van der Waals surface area (Å²) < 4.78 is 10.5. The van der Waals surface area contributed by atoms with Gasteiger partial charge in [-0.1, -0.05) is 24.3 Å². The van der Waals surface area contributed by atoms with E-state index in [4.69, 9.17) is 9.47 Å². The quantitative estimate of drug-likeness (QED) is 0.692. The first-order chi connectivity index (χ1) is 14.1. The maximum atomic E-state index is 12.4. The molecular formula is C22H26N2O4S. The van der Waals surface area contributed by atoms with Gasteiger partial charge in [0, 0.05) is 24.4 Å². The fourth-order valence-corrected chi connectivity index (χ4v) is 4.31. The van der Waals surface area contributed by atoms with Gasteiger partial charge in [-0.15, -0.1) is 11.8 Å². The van der Waals surface area contributed by atoms with Crippen molar-refractivity contribution in [2.75, 3.05) is 25.3 Å². The van der Waals surface area contributed by atoms with Crippen LogP contribution in [0.5, 0.6) is 11.5 Å². The molecule has 1 atom stereocenters. The maximum absolute atomic E-state index is 12.4. The van der Waals surface area contributed by atoms with Crippen LogP contribution in [0.25, 0.3) is 0 Å². The van der Waals surface area contributed by atoms with E-state index in [1.165, 1.54) is 0 Å². The van der Waals surface area contributed by atoms with Gasteiger partial charge in [-0.3, -0.25) is 9.59 Å². The van der Waals surface area contributed by atoms with E-state index in [1.54, 1.807) is 26.0 Å². The highest BCUT2D eigenvalue weighted by Gasteiger charge is 2.23. The van der Waals surface area contributed by atoms with Crippen LogP contribution in [0, 0.1) is 0 Å². The third kappa shape index (κ3) is 5.67. The predicted octanol–water partition coefficient (Wildman–Crippen LogP) is 3.40. The van der Waals surface area contributed by atoms with Crippen LogP contribution in [-0.4, -0.2) is 37.0 Å².